The Morgan fingerprint density at radius 1 is 0.889 bits per heavy atom. The summed E-state index contributed by atoms with van der Waals surface area (Å²) in [5.74, 6) is -0.163. The van der Waals surface area contributed by atoms with Crippen molar-refractivity contribution in [3.05, 3.63) is 65.0 Å². The molecule has 0 unspecified atom stereocenters. The SMILES string of the molecule is CCOc1ccc(C(=O)COC(=O)c2ccc3nc(C)c(C)nc3c2)cc1. The zero-order valence-electron chi connectivity index (χ0n) is 15.5. The summed E-state index contributed by atoms with van der Waals surface area (Å²) in [6.45, 7) is 5.86. The van der Waals surface area contributed by atoms with Gasteiger partial charge in [0.2, 0.25) is 0 Å². The first-order valence-corrected chi connectivity index (χ1v) is 8.66. The molecule has 0 bridgehead atoms. The van der Waals surface area contributed by atoms with Crippen LogP contribution in [0.1, 0.15) is 39.0 Å². The van der Waals surface area contributed by atoms with Gasteiger partial charge in [0.05, 0.1) is 34.6 Å². The van der Waals surface area contributed by atoms with Crippen molar-refractivity contribution in [2.45, 2.75) is 20.8 Å². The van der Waals surface area contributed by atoms with E-state index in [1.807, 2.05) is 20.8 Å². The molecule has 0 N–H and O–H groups in total. The largest absolute Gasteiger partial charge is 0.494 e. The molecule has 0 atom stereocenters. The Bertz CT molecular complexity index is 997. The van der Waals surface area contributed by atoms with Crippen LogP contribution < -0.4 is 4.74 Å². The highest BCUT2D eigenvalue weighted by molar-refractivity contribution is 6.00. The van der Waals surface area contributed by atoms with Gasteiger partial charge in [-0.1, -0.05) is 0 Å². The van der Waals surface area contributed by atoms with Crippen molar-refractivity contribution < 1.29 is 19.1 Å². The first-order valence-electron chi connectivity index (χ1n) is 8.66. The number of fused-ring (bicyclic) bond motifs is 1. The van der Waals surface area contributed by atoms with Gasteiger partial charge in [0.15, 0.2) is 12.4 Å². The lowest BCUT2D eigenvalue weighted by atomic mass is 10.1. The number of esters is 1. The molecule has 0 radical (unpaired) electrons. The van der Waals surface area contributed by atoms with E-state index in [4.69, 9.17) is 9.47 Å². The zero-order chi connectivity index (χ0) is 19.4. The van der Waals surface area contributed by atoms with E-state index in [9.17, 15) is 9.59 Å². The summed E-state index contributed by atoms with van der Waals surface area (Å²) >= 11 is 0. The second kappa shape index (κ2) is 7.95. The van der Waals surface area contributed by atoms with Crippen molar-refractivity contribution >= 4 is 22.8 Å². The number of carbonyl (C=O) groups is 2. The molecule has 3 aromatic rings. The molecule has 3 rings (SSSR count). The Labute approximate surface area is 157 Å². The maximum absolute atomic E-state index is 12.3. The van der Waals surface area contributed by atoms with Crippen molar-refractivity contribution in [1.29, 1.82) is 0 Å². The van der Waals surface area contributed by atoms with Gasteiger partial charge >= 0.3 is 5.97 Å². The lowest BCUT2D eigenvalue weighted by molar-refractivity contribution is 0.0475. The van der Waals surface area contributed by atoms with Crippen LogP contribution in [0.2, 0.25) is 0 Å². The quantitative estimate of drug-likeness (QED) is 0.490. The van der Waals surface area contributed by atoms with Gasteiger partial charge in [-0.15, -0.1) is 0 Å². The molecule has 6 nitrogen and oxygen atoms in total. The van der Waals surface area contributed by atoms with Crippen LogP contribution in [0.5, 0.6) is 5.75 Å². The minimum atomic E-state index is -0.573. The van der Waals surface area contributed by atoms with E-state index in [1.165, 1.54) is 0 Å². The monoisotopic (exact) mass is 364 g/mol. The first kappa shape index (κ1) is 18.5. The first-order chi connectivity index (χ1) is 13.0. The Hall–Kier alpha value is -3.28. The molecule has 0 aliphatic carbocycles. The number of benzene rings is 2. The molecule has 0 saturated carbocycles. The van der Waals surface area contributed by atoms with Gasteiger partial charge in [-0.3, -0.25) is 4.79 Å². The Kier molecular flexibility index (Phi) is 5.45. The van der Waals surface area contributed by atoms with Crippen LogP contribution in [-0.2, 0) is 4.74 Å². The summed E-state index contributed by atoms with van der Waals surface area (Å²) in [5, 5.41) is 0. The molecule has 0 fully saturated rings. The van der Waals surface area contributed by atoms with Crippen LogP contribution in [0, 0.1) is 13.8 Å². The molecule has 0 aliphatic heterocycles. The molecule has 0 amide bonds. The Morgan fingerprint density at radius 3 is 2.19 bits per heavy atom. The lowest BCUT2D eigenvalue weighted by Crippen LogP contribution is -2.14. The van der Waals surface area contributed by atoms with Crippen molar-refractivity contribution in [3.63, 3.8) is 0 Å². The molecule has 138 valence electrons. The molecule has 27 heavy (non-hydrogen) atoms. The summed E-state index contributed by atoms with van der Waals surface area (Å²) in [6.07, 6.45) is 0. The van der Waals surface area contributed by atoms with Gasteiger partial charge in [0.1, 0.15) is 5.75 Å². The van der Waals surface area contributed by atoms with Gasteiger partial charge < -0.3 is 9.47 Å². The van der Waals surface area contributed by atoms with Crippen molar-refractivity contribution in [1.82, 2.24) is 9.97 Å². The molecule has 6 heteroatoms. The van der Waals surface area contributed by atoms with Gasteiger partial charge in [-0.25, -0.2) is 14.8 Å². The zero-order valence-corrected chi connectivity index (χ0v) is 15.5. The van der Waals surface area contributed by atoms with Gasteiger partial charge in [-0.2, -0.15) is 0 Å². The van der Waals surface area contributed by atoms with Crippen LogP contribution in [0.3, 0.4) is 0 Å². The Balaban J connectivity index is 1.67. The standard InChI is InChI=1S/C21H20N2O4/c1-4-26-17-8-5-15(6-9-17)20(24)12-27-21(25)16-7-10-18-19(11-16)23-14(3)13(2)22-18/h5-11H,4,12H2,1-3H3. The fourth-order valence-electron chi connectivity index (χ4n) is 2.56. The fourth-order valence-corrected chi connectivity index (χ4v) is 2.56. The number of Topliss-reactive ketones (excluding diaryl/α,β-unsaturated/α-hetero) is 1. The molecular formula is C21H20N2O4. The highest BCUT2D eigenvalue weighted by Crippen LogP contribution is 2.16. The minimum Gasteiger partial charge on any atom is -0.494 e. The highest BCUT2D eigenvalue weighted by atomic mass is 16.5. The van der Waals surface area contributed by atoms with Crippen molar-refractivity contribution in [3.8, 4) is 5.75 Å². The third kappa shape index (κ3) is 4.28. The number of ketones is 1. The molecule has 2 aromatic carbocycles. The molecule has 0 aliphatic rings. The summed E-state index contributed by atoms with van der Waals surface area (Å²) in [5.41, 5.74) is 3.77. The molecule has 0 spiro atoms. The van der Waals surface area contributed by atoms with E-state index in [1.54, 1.807) is 42.5 Å². The second-order valence-corrected chi connectivity index (χ2v) is 6.05. The molecule has 1 heterocycles. The number of aryl methyl sites for hydroxylation is 2. The normalized spacial score (nSPS) is 10.6. The number of carbonyl (C=O) groups excluding carboxylic acids is 2. The van der Waals surface area contributed by atoms with Gasteiger partial charge in [0, 0.05) is 5.56 Å². The van der Waals surface area contributed by atoms with Crippen LogP contribution in [-0.4, -0.2) is 34.9 Å². The maximum Gasteiger partial charge on any atom is 0.338 e. The lowest BCUT2D eigenvalue weighted by Gasteiger charge is -2.07. The smallest absolute Gasteiger partial charge is 0.338 e. The van der Waals surface area contributed by atoms with E-state index in [-0.39, 0.29) is 12.4 Å². The predicted octanol–water partition coefficient (Wildman–Crippen LogP) is 3.69. The summed E-state index contributed by atoms with van der Waals surface area (Å²) in [6, 6.07) is 11.7. The van der Waals surface area contributed by atoms with E-state index in [0.717, 1.165) is 11.4 Å². The number of aromatic nitrogens is 2. The average molecular weight is 364 g/mol. The van der Waals surface area contributed by atoms with Crippen LogP contribution in [0.25, 0.3) is 11.0 Å². The topological polar surface area (TPSA) is 78.4 Å². The van der Waals surface area contributed by atoms with Crippen LogP contribution in [0.4, 0.5) is 0 Å². The highest BCUT2D eigenvalue weighted by Gasteiger charge is 2.13. The van der Waals surface area contributed by atoms with Crippen molar-refractivity contribution in [2.24, 2.45) is 0 Å². The number of rotatable bonds is 6. The number of ether oxygens (including phenoxy) is 2. The summed E-state index contributed by atoms with van der Waals surface area (Å²) < 4.78 is 10.5. The third-order valence-electron chi connectivity index (χ3n) is 4.13. The van der Waals surface area contributed by atoms with Crippen LogP contribution >= 0.6 is 0 Å². The maximum atomic E-state index is 12.3. The fraction of sp³-hybridized carbons (Fsp3) is 0.238. The average Bonchev–Trinajstić information content (AvgIpc) is 2.67. The summed E-state index contributed by atoms with van der Waals surface area (Å²) in [7, 11) is 0. The third-order valence-corrected chi connectivity index (χ3v) is 4.13. The van der Waals surface area contributed by atoms with Crippen molar-refractivity contribution in [2.75, 3.05) is 13.2 Å². The second-order valence-electron chi connectivity index (χ2n) is 6.05. The van der Waals surface area contributed by atoms with Gasteiger partial charge in [-0.05, 0) is 63.2 Å². The van der Waals surface area contributed by atoms with E-state index < -0.39 is 5.97 Å². The van der Waals surface area contributed by atoms with Crippen LogP contribution in [0.15, 0.2) is 42.5 Å². The predicted molar refractivity (Wildman–Crippen MR) is 101 cm³/mol. The minimum absolute atomic E-state index is 0.279. The summed E-state index contributed by atoms with van der Waals surface area (Å²) in [4.78, 5) is 33.3. The van der Waals surface area contributed by atoms with E-state index >= 15 is 0 Å². The molecule has 1 aromatic heterocycles. The molecular weight excluding hydrogens is 344 g/mol. The number of hydrogen-bond acceptors (Lipinski definition) is 6. The Morgan fingerprint density at radius 2 is 1.52 bits per heavy atom. The van der Waals surface area contributed by atoms with E-state index in [0.29, 0.717) is 34.5 Å². The van der Waals surface area contributed by atoms with Gasteiger partial charge in [0.25, 0.3) is 0 Å². The number of hydrogen-bond donors (Lipinski definition) is 0. The number of nitrogens with zero attached hydrogens (tertiary/aromatic N) is 2. The van der Waals surface area contributed by atoms with E-state index in [2.05, 4.69) is 9.97 Å². The molecule has 0 saturated heterocycles.